The molecule has 0 saturated heterocycles. The number of carboxylic acid groups (broad SMARTS) is 1. The number of pyridine rings is 1. The maximum atomic E-state index is 13.7. The average Bonchev–Trinajstić information content (AvgIpc) is 2.82. The fourth-order valence-electron chi connectivity index (χ4n) is 4.12. The molecule has 1 aliphatic carbocycles. The van der Waals surface area contributed by atoms with E-state index < -0.39 is 17.7 Å². The highest BCUT2D eigenvalue weighted by Crippen LogP contribution is 2.41. The van der Waals surface area contributed by atoms with E-state index in [2.05, 4.69) is 15.5 Å². The van der Waals surface area contributed by atoms with Crippen molar-refractivity contribution in [1.82, 2.24) is 10.3 Å². The Morgan fingerprint density at radius 3 is 2.62 bits per heavy atom. The third-order valence-corrected chi connectivity index (χ3v) is 5.97. The maximum Gasteiger partial charge on any atom is 0.416 e. The molecule has 2 N–H and O–H groups in total. The summed E-state index contributed by atoms with van der Waals surface area (Å²) in [6.45, 7) is 2.46. The van der Waals surface area contributed by atoms with E-state index in [0.717, 1.165) is 43.4 Å². The zero-order valence-corrected chi connectivity index (χ0v) is 19.2. The number of alkyl halides is 3. The minimum absolute atomic E-state index is 0.0367. The van der Waals surface area contributed by atoms with E-state index in [1.807, 2.05) is 6.07 Å². The lowest BCUT2D eigenvalue weighted by molar-refractivity contribution is -0.139. The van der Waals surface area contributed by atoms with Crippen LogP contribution in [0.5, 0.6) is 0 Å². The summed E-state index contributed by atoms with van der Waals surface area (Å²) in [5.74, 6) is -0.902. The molecule has 6 nitrogen and oxygen atoms in total. The number of benzene rings is 1. The molecule has 0 radical (unpaired) electrons. The fourth-order valence-corrected chi connectivity index (χ4v) is 4.12. The largest absolute Gasteiger partial charge is 0.481 e. The SMILES string of the molecule is C/C(=N/OCc1ccc(C2CCCCC2)c(C(F)(F)F)c1)c1ccc(CNCCC(=O)O)nc1. The predicted molar refractivity (Wildman–Crippen MR) is 122 cm³/mol. The number of nitrogens with one attached hydrogen (secondary N) is 1. The number of carbonyl (C=O) groups is 1. The first-order valence-corrected chi connectivity index (χ1v) is 11.5. The van der Waals surface area contributed by atoms with Crippen molar-refractivity contribution >= 4 is 11.7 Å². The van der Waals surface area contributed by atoms with Crippen LogP contribution < -0.4 is 5.32 Å². The second-order valence-electron chi connectivity index (χ2n) is 8.56. The van der Waals surface area contributed by atoms with Gasteiger partial charge in [-0.3, -0.25) is 9.78 Å². The van der Waals surface area contributed by atoms with Crippen LogP contribution in [0.15, 0.2) is 41.7 Å². The summed E-state index contributed by atoms with van der Waals surface area (Å²) < 4.78 is 41.1. The number of halogens is 3. The Morgan fingerprint density at radius 2 is 1.97 bits per heavy atom. The van der Waals surface area contributed by atoms with Crippen molar-refractivity contribution in [1.29, 1.82) is 0 Å². The van der Waals surface area contributed by atoms with Crippen LogP contribution in [0, 0.1) is 0 Å². The molecule has 0 amide bonds. The van der Waals surface area contributed by atoms with E-state index in [1.54, 1.807) is 31.3 Å². The first-order chi connectivity index (χ1) is 16.2. The number of hydrogen-bond acceptors (Lipinski definition) is 5. The van der Waals surface area contributed by atoms with Gasteiger partial charge < -0.3 is 15.3 Å². The van der Waals surface area contributed by atoms with Gasteiger partial charge in [-0.15, -0.1) is 0 Å². The van der Waals surface area contributed by atoms with E-state index in [-0.39, 0.29) is 18.9 Å². The van der Waals surface area contributed by atoms with Gasteiger partial charge in [0.1, 0.15) is 6.61 Å². The van der Waals surface area contributed by atoms with E-state index in [0.29, 0.717) is 29.9 Å². The monoisotopic (exact) mass is 477 g/mol. The van der Waals surface area contributed by atoms with Crippen molar-refractivity contribution < 1.29 is 27.9 Å². The van der Waals surface area contributed by atoms with Crippen molar-refractivity contribution in [2.24, 2.45) is 5.16 Å². The van der Waals surface area contributed by atoms with Gasteiger partial charge in [0.25, 0.3) is 0 Å². The Bertz CT molecular complexity index is 985. The van der Waals surface area contributed by atoms with Crippen molar-refractivity contribution in [3.63, 3.8) is 0 Å². The van der Waals surface area contributed by atoms with Crippen LogP contribution in [0.4, 0.5) is 13.2 Å². The van der Waals surface area contributed by atoms with Gasteiger partial charge in [-0.25, -0.2) is 0 Å². The van der Waals surface area contributed by atoms with E-state index in [4.69, 9.17) is 9.94 Å². The summed E-state index contributed by atoms with van der Waals surface area (Å²) in [6.07, 6.45) is 1.88. The normalized spacial score (nSPS) is 15.4. The maximum absolute atomic E-state index is 13.7. The van der Waals surface area contributed by atoms with Crippen molar-refractivity contribution in [3.8, 4) is 0 Å². The van der Waals surface area contributed by atoms with Gasteiger partial charge >= 0.3 is 12.1 Å². The number of carboxylic acids is 1. The Balaban J connectivity index is 1.59. The van der Waals surface area contributed by atoms with Crippen LogP contribution in [0.3, 0.4) is 0 Å². The number of oxime groups is 1. The third kappa shape index (κ3) is 7.55. The summed E-state index contributed by atoms with van der Waals surface area (Å²) in [7, 11) is 0. The highest BCUT2D eigenvalue weighted by atomic mass is 19.4. The van der Waals surface area contributed by atoms with Gasteiger partial charge in [-0.2, -0.15) is 13.2 Å². The highest BCUT2D eigenvalue weighted by molar-refractivity contribution is 5.98. The molecule has 1 fully saturated rings. The quantitative estimate of drug-likeness (QED) is 0.262. The second kappa shape index (κ2) is 12.0. The van der Waals surface area contributed by atoms with Crippen LogP contribution >= 0.6 is 0 Å². The van der Waals surface area contributed by atoms with Gasteiger partial charge in [0, 0.05) is 24.8 Å². The third-order valence-electron chi connectivity index (χ3n) is 5.97. The number of hydrogen-bond donors (Lipinski definition) is 2. The topological polar surface area (TPSA) is 83.8 Å². The number of nitrogens with zero attached hydrogens (tertiary/aromatic N) is 2. The van der Waals surface area contributed by atoms with Crippen molar-refractivity contribution in [3.05, 3.63) is 64.5 Å². The molecule has 0 spiro atoms. The van der Waals surface area contributed by atoms with Gasteiger partial charge in [0.05, 0.1) is 23.4 Å². The fraction of sp³-hybridized carbons (Fsp3) is 0.480. The van der Waals surface area contributed by atoms with E-state index in [1.165, 1.54) is 6.07 Å². The lowest BCUT2D eigenvalue weighted by Crippen LogP contribution is -2.18. The van der Waals surface area contributed by atoms with Crippen molar-refractivity contribution in [2.75, 3.05) is 6.54 Å². The molecule has 1 aromatic carbocycles. The number of aliphatic carboxylic acids is 1. The Morgan fingerprint density at radius 1 is 1.21 bits per heavy atom. The lowest BCUT2D eigenvalue weighted by atomic mass is 9.81. The van der Waals surface area contributed by atoms with Crippen LogP contribution in [0.2, 0.25) is 0 Å². The van der Waals surface area contributed by atoms with Gasteiger partial charge in [-0.05, 0) is 55.0 Å². The van der Waals surface area contributed by atoms with E-state index >= 15 is 0 Å². The first-order valence-electron chi connectivity index (χ1n) is 11.5. The van der Waals surface area contributed by atoms with Crippen LogP contribution in [-0.4, -0.2) is 28.3 Å². The molecule has 2 aromatic rings. The summed E-state index contributed by atoms with van der Waals surface area (Å²) in [4.78, 5) is 20.2. The van der Waals surface area contributed by atoms with Gasteiger partial charge in [0.15, 0.2) is 0 Å². The molecular weight excluding hydrogens is 447 g/mol. The summed E-state index contributed by atoms with van der Waals surface area (Å²) in [5, 5.41) is 15.7. The predicted octanol–water partition coefficient (Wildman–Crippen LogP) is 5.65. The molecule has 1 heterocycles. The Labute approximate surface area is 197 Å². The molecule has 0 atom stereocenters. The summed E-state index contributed by atoms with van der Waals surface area (Å²) in [5.41, 5.74) is 2.26. The molecule has 1 aliphatic rings. The second-order valence-corrected chi connectivity index (χ2v) is 8.56. The minimum Gasteiger partial charge on any atom is -0.481 e. The smallest absolute Gasteiger partial charge is 0.416 e. The molecule has 184 valence electrons. The minimum atomic E-state index is -4.40. The van der Waals surface area contributed by atoms with Crippen molar-refractivity contribution in [2.45, 2.75) is 70.7 Å². The standard InChI is InChI=1S/C25H30F3N3O3/c1-17(20-8-9-21(30-14-20)15-29-12-11-24(32)33)31-34-16-18-7-10-22(19-5-3-2-4-6-19)23(13-18)25(26,27)28/h7-10,13-14,19,29H,2-6,11-12,15-16H2,1H3,(H,32,33)/b31-17-. The molecule has 1 saturated carbocycles. The molecule has 34 heavy (non-hydrogen) atoms. The number of aromatic nitrogens is 1. The summed E-state index contributed by atoms with van der Waals surface area (Å²) >= 11 is 0. The number of rotatable bonds is 10. The van der Waals surface area contributed by atoms with Gasteiger partial charge in [-0.1, -0.05) is 36.6 Å². The highest BCUT2D eigenvalue weighted by Gasteiger charge is 2.35. The first kappa shape index (κ1) is 25.7. The molecule has 0 unspecified atom stereocenters. The Hall–Kier alpha value is -2.94. The van der Waals surface area contributed by atoms with Gasteiger partial charge in [0.2, 0.25) is 0 Å². The van der Waals surface area contributed by atoms with Crippen LogP contribution in [0.1, 0.15) is 79.3 Å². The molecule has 3 rings (SSSR count). The molecule has 1 aromatic heterocycles. The Kier molecular flexibility index (Phi) is 9.04. The summed E-state index contributed by atoms with van der Waals surface area (Å²) in [6, 6.07) is 8.08. The van der Waals surface area contributed by atoms with E-state index in [9.17, 15) is 18.0 Å². The molecule has 9 heteroatoms. The van der Waals surface area contributed by atoms with Crippen LogP contribution in [0.25, 0.3) is 0 Å². The molecular formula is C25H30F3N3O3. The van der Waals surface area contributed by atoms with Crippen LogP contribution in [-0.2, 0) is 29.0 Å². The zero-order valence-electron chi connectivity index (χ0n) is 19.2. The molecule has 0 bridgehead atoms. The zero-order chi connectivity index (χ0) is 24.6. The lowest BCUT2D eigenvalue weighted by Gasteiger charge is -2.25. The molecule has 0 aliphatic heterocycles. The average molecular weight is 478 g/mol.